The van der Waals surface area contributed by atoms with E-state index < -0.39 is 18.0 Å². The molecule has 2 fully saturated rings. The van der Waals surface area contributed by atoms with Crippen LogP contribution in [-0.2, 0) is 16.0 Å². The van der Waals surface area contributed by atoms with Gasteiger partial charge in [0.05, 0.1) is 0 Å². The molecule has 2 N–H and O–H groups in total. The van der Waals surface area contributed by atoms with Crippen molar-refractivity contribution in [3.8, 4) is 0 Å². The fourth-order valence-electron chi connectivity index (χ4n) is 4.41. The molecule has 3 rings (SSSR count). The molecule has 1 aromatic carbocycles. The number of unbranched alkanes of at least 4 members (excludes halogenated alkanes) is 1. The summed E-state index contributed by atoms with van der Waals surface area (Å²) >= 11 is 0. The maximum Gasteiger partial charge on any atom is 0.320 e. The first-order valence-corrected chi connectivity index (χ1v) is 11.3. The molecule has 0 saturated carbocycles. The maximum absolute atomic E-state index is 13.6. The standard InChI is InChI=1S/C23H35N5O3/c1-3-4-10-19(21(24)29)27-15-16-28(23(31)26-13-11-25(2)12-14-26)20(22(27)30)17-18-8-6-5-7-9-18/h5-9,19-20H,3-4,10-17H2,1-2H3,(H2,24,29). The van der Waals surface area contributed by atoms with Crippen molar-refractivity contribution in [2.45, 2.75) is 44.7 Å². The summed E-state index contributed by atoms with van der Waals surface area (Å²) in [6.07, 6.45) is 2.73. The van der Waals surface area contributed by atoms with Gasteiger partial charge in [-0.2, -0.15) is 0 Å². The number of amides is 4. The van der Waals surface area contributed by atoms with E-state index in [1.54, 1.807) is 9.80 Å². The second-order valence-electron chi connectivity index (χ2n) is 8.56. The van der Waals surface area contributed by atoms with Crippen molar-refractivity contribution in [3.63, 3.8) is 0 Å². The quantitative estimate of drug-likeness (QED) is 0.704. The fraction of sp³-hybridized carbons (Fsp3) is 0.609. The van der Waals surface area contributed by atoms with Crippen LogP contribution in [0.4, 0.5) is 4.79 Å². The molecule has 8 nitrogen and oxygen atoms in total. The zero-order chi connectivity index (χ0) is 22.4. The Kier molecular flexibility index (Phi) is 7.90. The summed E-state index contributed by atoms with van der Waals surface area (Å²) in [6, 6.07) is 8.38. The first-order valence-electron chi connectivity index (χ1n) is 11.3. The number of hydrogen-bond donors (Lipinski definition) is 1. The van der Waals surface area contributed by atoms with E-state index >= 15 is 0 Å². The molecule has 2 aliphatic rings. The largest absolute Gasteiger partial charge is 0.368 e. The number of piperazine rings is 2. The maximum atomic E-state index is 13.6. The Balaban J connectivity index is 1.83. The van der Waals surface area contributed by atoms with Gasteiger partial charge in [0.25, 0.3) is 0 Å². The average Bonchev–Trinajstić information content (AvgIpc) is 2.77. The lowest BCUT2D eigenvalue weighted by molar-refractivity contribution is -0.147. The Morgan fingerprint density at radius 3 is 2.35 bits per heavy atom. The topological polar surface area (TPSA) is 90.2 Å². The number of likely N-dealkylation sites (N-methyl/N-ethyl adjacent to an activating group) is 1. The predicted molar refractivity (Wildman–Crippen MR) is 119 cm³/mol. The first kappa shape index (κ1) is 23.1. The smallest absolute Gasteiger partial charge is 0.320 e. The Labute approximate surface area is 184 Å². The third kappa shape index (κ3) is 5.55. The molecule has 2 saturated heterocycles. The van der Waals surface area contributed by atoms with E-state index in [0.29, 0.717) is 39.0 Å². The Morgan fingerprint density at radius 1 is 1.06 bits per heavy atom. The van der Waals surface area contributed by atoms with Gasteiger partial charge in [0.2, 0.25) is 11.8 Å². The molecule has 0 bridgehead atoms. The van der Waals surface area contributed by atoms with E-state index in [0.717, 1.165) is 31.5 Å². The summed E-state index contributed by atoms with van der Waals surface area (Å²) in [5, 5.41) is 0. The van der Waals surface area contributed by atoms with Crippen LogP contribution >= 0.6 is 0 Å². The van der Waals surface area contributed by atoms with Crippen LogP contribution in [0, 0.1) is 0 Å². The number of hydrogen-bond acceptors (Lipinski definition) is 4. The van der Waals surface area contributed by atoms with Gasteiger partial charge in [-0.3, -0.25) is 9.59 Å². The van der Waals surface area contributed by atoms with E-state index in [9.17, 15) is 14.4 Å². The molecular formula is C23H35N5O3. The molecule has 2 heterocycles. The highest BCUT2D eigenvalue weighted by atomic mass is 16.2. The predicted octanol–water partition coefficient (Wildman–Crippen LogP) is 1.15. The van der Waals surface area contributed by atoms with Crippen molar-refractivity contribution >= 4 is 17.8 Å². The van der Waals surface area contributed by atoms with E-state index in [2.05, 4.69) is 4.90 Å². The van der Waals surface area contributed by atoms with Crippen molar-refractivity contribution in [2.24, 2.45) is 5.73 Å². The molecule has 2 aliphatic heterocycles. The summed E-state index contributed by atoms with van der Waals surface area (Å²) in [5.41, 5.74) is 6.66. The lowest BCUT2D eigenvalue weighted by atomic mass is 9.98. The van der Waals surface area contributed by atoms with Gasteiger partial charge in [0.15, 0.2) is 0 Å². The summed E-state index contributed by atoms with van der Waals surface area (Å²) in [6.45, 7) is 5.74. The zero-order valence-electron chi connectivity index (χ0n) is 18.7. The van der Waals surface area contributed by atoms with Crippen LogP contribution in [0.2, 0.25) is 0 Å². The molecule has 8 heteroatoms. The number of rotatable bonds is 7. The van der Waals surface area contributed by atoms with Gasteiger partial charge in [-0.15, -0.1) is 0 Å². The van der Waals surface area contributed by atoms with Gasteiger partial charge in [-0.05, 0) is 19.0 Å². The lowest BCUT2D eigenvalue weighted by Crippen LogP contribution is -2.65. The van der Waals surface area contributed by atoms with Gasteiger partial charge in [0, 0.05) is 45.7 Å². The molecule has 0 aromatic heterocycles. The fourth-order valence-corrected chi connectivity index (χ4v) is 4.41. The molecule has 2 unspecified atom stereocenters. The van der Waals surface area contributed by atoms with E-state index in [4.69, 9.17) is 5.73 Å². The minimum Gasteiger partial charge on any atom is -0.368 e. The van der Waals surface area contributed by atoms with Gasteiger partial charge in [-0.1, -0.05) is 50.1 Å². The van der Waals surface area contributed by atoms with Crippen LogP contribution in [0.5, 0.6) is 0 Å². The van der Waals surface area contributed by atoms with Crippen LogP contribution in [0.25, 0.3) is 0 Å². The summed E-state index contributed by atoms with van der Waals surface area (Å²) in [5.74, 6) is -0.656. The van der Waals surface area contributed by atoms with Crippen LogP contribution in [0.1, 0.15) is 31.7 Å². The molecule has 31 heavy (non-hydrogen) atoms. The van der Waals surface area contributed by atoms with Crippen LogP contribution in [0.15, 0.2) is 30.3 Å². The van der Waals surface area contributed by atoms with E-state index in [1.165, 1.54) is 0 Å². The minimum absolute atomic E-state index is 0.0915. The number of carbonyl (C=O) groups is 3. The molecule has 0 aliphatic carbocycles. The molecule has 0 radical (unpaired) electrons. The van der Waals surface area contributed by atoms with Gasteiger partial charge < -0.3 is 25.3 Å². The van der Waals surface area contributed by atoms with Crippen molar-refractivity contribution in [3.05, 3.63) is 35.9 Å². The normalized spacial score (nSPS) is 21.3. The highest BCUT2D eigenvalue weighted by molar-refractivity contribution is 5.92. The number of benzene rings is 1. The number of nitrogens with zero attached hydrogens (tertiary/aromatic N) is 4. The summed E-state index contributed by atoms with van der Waals surface area (Å²) in [7, 11) is 2.04. The van der Waals surface area contributed by atoms with Crippen LogP contribution < -0.4 is 5.73 Å². The third-order valence-electron chi connectivity index (χ3n) is 6.35. The highest BCUT2D eigenvalue weighted by Gasteiger charge is 2.42. The first-order chi connectivity index (χ1) is 14.9. The number of primary amides is 1. The van der Waals surface area contributed by atoms with Gasteiger partial charge in [0.1, 0.15) is 12.1 Å². The summed E-state index contributed by atoms with van der Waals surface area (Å²) < 4.78 is 0. The van der Waals surface area contributed by atoms with Crippen molar-refractivity contribution in [1.82, 2.24) is 19.6 Å². The van der Waals surface area contributed by atoms with Crippen molar-refractivity contribution in [2.75, 3.05) is 46.3 Å². The van der Waals surface area contributed by atoms with Crippen molar-refractivity contribution in [1.29, 1.82) is 0 Å². The zero-order valence-corrected chi connectivity index (χ0v) is 18.7. The lowest BCUT2D eigenvalue weighted by Gasteiger charge is -2.45. The number of urea groups is 1. The summed E-state index contributed by atoms with van der Waals surface area (Å²) in [4.78, 5) is 46.4. The molecule has 4 amide bonds. The van der Waals surface area contributed by atoms with E-state index in [1.807, 2.05) is 49.2 Å². The average molecular weight is 430 g/mol. The SMILES string of the molecule is CCCCC(C(N)=O)N1CCN(C(=O)N2CCN(C)CC2)C(Cc2ccccc2)C1=O. The monoisotopic (exact) mass is 429 g/mol. The highest BCUT2D eigenvalue weighted by Crippen LogP contribution is 2.22. The molecule has 2 atom stereocenters. The Bertz CT molecular complexity index is 764. The number of carbonyl (C=O) groups excluding carboxylic acids is 3. The van der Waals surface area contributed by atoms with Crippen LogP contribution in [0.3, 0.4) is 0 Å². The Morgan fingerprint density at radius 2 is 1.74 bits per heavy atom. The number of nitrogens with two attached hydrogens (primary N) is 1. The molecule has 0 spiro atoms. The van der Waals surface area contributed by atoms with Crippen LogP contribution in [-0.4, -0.2) is 95.8 Å². The van der Waals surface area contributed by atoms with Gasteiger partial charge >= 0.3 is 6.03 Å². The Hall–Kier alpha value is -2.61. The molecule has 1 aromatic rings. The second-order valence-corrected chi connectivity index (χ2v) is 8.56. The van der Waals surface area contributed by atoms with E-state index in [-0.39, 0.29) is 11.9 Å². The third-order valence-corrected chi connectivity index (χ3v) is 6.35. The molecule has 170 valence electrons. The minimum atomic E-state index is -0.633. The van der Waals surface area contributed by atoms with Crippen molar-refractivity contribution < 1.29 is 14.4 Å². The van der Waals surface area contributed by atoms with Gasteiger partial charge in [-0.25, -0.2) is 4.79 Å². The molecular weight excluding hydrogens is 394 g/mol. The second kappa shape index (κ2) is 10.6.